The standard InChI is InChI=1S/C13H15BrF2N4/c1-13(2,3)17-6-8-7-20(19-18-8)12-4-9(14)10(15)5-11(12)16/h4-5,7,17H,6H2,1-3H3. The average molecular weight is 345 g/mol. The first-order valence-electron chi connectivity index (χ1n) is 6.07. The van der Waals surface area contributed by atoms with Crippen LogP contribution in [0.1, 0.15) is 26.5 Å². The second kappa shape index (κ2) is 5.57. The van der Waals surface area contributed by atoms with Gasteiger partial charge in [-0.2, -0.15) is 0 Å². The third kappa shape index (κ3) is 3.61. The largest absolute Gasteiger partial charge is 0.306 e. The van der Waals surface area contributed by atoms with Gasteiger partial charge in [0.2, 0.25) is 0 Å². The number of hydrogen-bond acceptors (Lipinski definition) is 3. The molecule has 0 spiro atoms. The number of nitrogens with one attached hydrogen (secondary N) is 1. The molecule has 2 aromatic rings. The lowest BCUT2D eigenvalue weighted by Crippen LogP contribution is -2.35. The minimum Gasteiger partial charge on any atom is -0.306 e. The van der Waals surface area contributed by atoms with Crippen LogP contribution in [0.5, 0.6) is 0 Å². The molecule has 2 rings (SSSR count). The van der Waals surface area contributed by atoms with Gasteiger partial charge in [0, 0.05) is 18.2 Å². The Kier molecular flexibility index (Phi) is 4.19. The Bertz CT molecular complexity index is 619. The van der Waals surface area contributed by atoms with Crippen molar-refractivity contribution in [2.45, 2.75) is 32.9 Å². The molecule has 0 radical (unpaired) electrons. The summed E-state index contributed by atoms with van der Waals surface area (Å²) in [6, 6.07) is 2.15. The van der Waals surface area contributed by atoms with Crippen molar-refractivity contribution < 1.29 is 8.78 Å². The molecule has 0 unspecified atom stereocenters. The van der Waals surface area contributed by atoms with E-state index < -0.39 is 11.6 Å². The molecular formula is C13H15BrF2N4. The van der Waals surface area contributed by atoms with Gasteiger partial charge in [-0.1, -0.05) is 5.21 Å². The van der Waals surface area contributed by atoms with E-state index in [2.05, 4.69) is 31.6 Å². The number of rotatable bonds is 3. The first-order valence-corrected chi connectivity index (χ1v) is 6.87. The smallest absolute Gasteiger partial charge is 0.151 e. The van der Waals surface area contributed by atoms with Crippen molar-refractivity contribution in [3.8, 4) is 5.69 Å². The van der Waals surface area contributed by atoms with E-state index in [-0.39, 0.29) is 15.7 Å². The number of benzene rings is 1. The molecule has 1 aromatic heterocycles. The van der Waals surface area contributed by atoms with Crippen molar-refractivity contribution in [1.29, 1.82) is 0 Å². The van der Waals surface area contributed by atoms with Crippen LogP contribution in [0.4, 0.5) is 8.78 Å². The van der Waals surface area contributed by atoms with Crippen LogP contribution in [-0.4, -0.2) is 20.5 Å². The maximum absolute atomic E-state index is 13.7. The van der Waals surface area contributed by atoms with Crippen LogP contribution < -0.4 is 5.32 Å². The van der Waals surface area contributed by atoms with Crippen LogP contribution in [0.2, 0.25) is 0 Å². The van der Waals surface area contributed by atoms with Crippen LogP contribution in [-0.2, 0) is 6.54 Å². The van der Waals surface area contributed by atoms with E-state index in [9.17, 15) is 8.78 Å². The minimum absolute atomic E-state index is 0.0477. The fourth-order valence-corrected chi connectivity index (χ4v) is 1.87. The first kappa shape index (κ1) is 15.1. The topological polar surface area (TPSA) is 42.7 Å². The third-order valence-electron chi connectivity index (χ3n) is 2.58. The Hall–Kier alpha value is -1.34. The predicted octanol–water partition coefficient (Wildman–Crippen LogP) is 3.20. The Balaban J connectivity index is 2.23. The average Bonchev–Trinajstić information content (AvgIpc) is 2.79. The highest BCUT2D eigenvalue weighted by Gasteiger charge is 2.13. The molecule has 0 amide bonds. The zero-order valence-electron chi connectivity index (χ0n) is 11.4. The van der Waals surface area contributed by atoms with Crippen LogP contribution >= 0.6 is 15.9 Å². The van der Waals surface area contributed by atoms with Crippen molar-refractivity contribution in [3.63, 3.8) is 0 Å². The Morgan fingerprint density at radius 3 is 2.60 bits per heavy atom. The quantitative estimate of drug-likeness (QED) is 0.869. The van der Waals surface area contributed by atoms with Gasteiger partial charge in [-0.25, -0.2) is 13.5 Å². The van der Waals surface area contributed by atoms with Gasteiger partial charge in [0.15, 0.2) is 5.82 Å². The van der Waals surface area contributed by atoms with Crippen molar-refractivity contribution in [2.75, 3.05) is 0 Å². The van der Waals surface area contributed by atoms with Gasteiger partial charge < -0.3 is 5.32 Å². The van der Waals surface area contributed by atoms with E-state index in [0.29, 0.717) is 12.2 Å². The summed E-state index contributed by atoms with van der Waals surface area (Å²) in [5, 5.41) is 11.1. The van der Waals surface area contributed by atoms with Gasteiger partial charge in [-0.3, -0.25) is 0 Å². The third-order valence-corrected chi connectivity index (χ3v) is 3.18. The molecule has 1 heterocycles. The molecule has 0 saturated heterocycles. The van der Waals surface area contributed by atoms with Gasteiger partial charge >= 0.3 is 0 Å². The van der Waals surface area contributed by atoms with Gasteiger partial charge in [0.1, 0.15) is 11.5 Å². The maximum atomic E-state index is 13.7. The Morgan fingerprint density at radius 1 is 1.25 bits per heavy atom. The van der Waals surface area contributed by atoms with Crippen LogP contribution in [0, 0.1) is 11.6 Å². The van der Waals surface area contributed by atoms with Gasteiger partial charge in [-0.15, -0.1) is 5.10 Å². The summed E-state index contributed by atoms with van der Waals surface area (Å²) in [6.07, 6.45) is 1.61. The molecule has 0 fully saturated rings. The predicted molar refractivity (Wildman–Crippen MR) is 75.6 cm³/mol. The molecule has 0 aliphatic heterocycles. The van der Waals surface area contributed by atoms with E-state index >= 15 is 0 Å². The van der Waals surface area contributed by atoms with Crippen molar-refractivity contribution in [3.05, 3.63) is 40.1 Å². The lowest BCUT2D eigenvalue weighted by Gasteiger charge is -2.19. The molecule has 0 saturated carbocycles. The normalized spacial score (nSPS) is 11.9. The minimum atomic E-state index is -0.689. The molecule has 0 bridgehead atoms. The summed E-state index contributed by atoms with van der Waals surface area (Å²) in [4.78, 5) is 0. The molecule has 7 heteroatoms. The number of hydrogen-bond donors (Lipinski definition) is 1. The number of aromatic nitrogens is 3. The summed E-state index contributed by atoms with van der Waals surface area (Å²) in [7, 11) is 0. The van der Waals surface area contributed by atoms with E-state index in [4.69, 9.17) is 0 Å². The SMILES string of the molecule is CC(C)(C)NCc1cn(-c2cc(Br)c(F)cc2F)nn1. The van der Waals surface area contributed by atoms with Crippen LogP contribution in [0.15, 0.2) is 22.8 Å². The monoisotopic (exact) mass is 344 g/mol. The Morgan fingerprint density at radius 2 is 1.95 bits per heavy atom. The summed E-state index contributed by atoms with van der Waals surface area (Å²) in [5.41, 5.74) is 0.779. The second-order valence-corrected chi connectivity index (χ2v) is 6.33. The van der Waals surface area contributed by atoms with E-state index in [0.717, 1.165) is 6.07 Å². The summed E-state index contributed by atoms with van der Waals surface area (Å²) < 4.78 is 28.4. The first-order chi connectivity index (χ1) is 9.26. The highest BCUT2D eigenvalue weighted by molar-refractivity contribution is 9.10. The van der Waals surface area contributed by atoms with Crippen molar-refractivity contribution in [2.24, 2.45) is 0 Å². The molecule has 0 atom stereocenters. The Labute approximate surface area is 124 Å². The van der Waals surface area contributed by atoms with Gasteiger partial charge in [-0.05, 0) is 42.8 Å². The highest BCUT2D eigenvalue weighted by atomic mass is 79.9. The molecule has 108 valence electrons. The highest BCUT2D eigenvalue weighted by Crippen LogP contribution is 2.22. The zero-order valence-corrected chi connectivity index (χ0v) is 13.0. The second-order valence-electron chi connectivity index (χ2n) is 5.48. The lowest BCUT2D eigenvalue weighted by molar-refractivity contribution is 0.421. The molecule has 20 heavy (non-hydrogen) atoms. The van der Waals surface area contributed by atoms with Gasteiger partial charge in [0.05, 0.1) is 16.4 Å². The fraction of sp³-hybridized carbons (Fsp3) is 0.385. The zero-order chi connectivity index (χ0) is 14.9. The molecular weight excluding hydrogens is 330 g/mol. The van der Waals surface area contributed by atoms with E-state index in [1.54, 1.807) is 6.20 Å². The van der Waals surface area contributed by atoms with Crippen LogP contribution in [0.25, 0.3) is 5.69 Å². The molecule has 0 aliphatic rings. The van der Waals surface area contributed by atoms with E-state index in [1.165, 1.54) is 10.7 Å². The molecule has 1 N–H and O–H groups in total. The van der Waals surface area contributed by atoms with Crippen molar-refractivity contribution >= 4 is 15.9 Å². The van der Waals surface area contributed by atoms with E-state index in [1.807, 2.05) is 20.8 Å². The summed E-state index contributed by atoms with van der Waals surface area (Å²) >= 11 is 3.03. The molecule has 1 aromatic carbocycles. The summed E-state index contributed by atoms with van der Waals surface area (Å²) in [5.74, 6) is -1.34. The maximum Gasteiger partial charge on any atom is 0.151 e. The number of nitrogens with zero attached hydrogens (tertiary/aromatic N) is 3. The lowest BCUT2D eigenvalue weighted by atomic mass is 10.1. The fourth-order valence-electron chi connectivity index (χ4n) is 1.54. The van der Waals surface area contributed by atoms with Crippen molar-refractivity contribution in [1.82, 2.24) is 20.3 Å². The van der Waals surface area contributed by atoms with Gasteiger partial charge in [0.25, 0.3) is 0 Å². The summed E-state index contributed by atoms with van der Waals surface area (Å²) in [6.45, 7) is 6.63. The molecule has 0 aliphatic carbocycles. The van der Waals surface area contributed by atoms with Crippen LogP contribution in [0.3, 0.4) is 0 Å². The molecule has 4 nitrogen and oxygen atoms in total. The number of halogens is 3.